The van der Waals surface area contributed by atoms with Gasteiger partial charge in [-0.05, 0) is 41.9 Å². The molecule has 0 atom stereocenters. The van der Waals surface area contributed by atoms with E-state index in [4.69, 9.17) is 21.3 Å². The summed E-state index contributed by atoms with van der Waals surface area (Å²) in [4.78, 5) is 11.6. The van der Waals surface area contributed by atoms with Gasteiger partial charge in [-0.15, -0.1) is 0 Å². The molecule has 0 aliphatic heterocycles. The summed E-state index contributed by atoms with van der Waals surface area (Å²) in [6, 6.07) is 8.31. The first-order chi connectivity index (χ1) is 8.60. The molecule has 0 unspecified atom stereocenters. The van der Waals surface area contributed by atoms with Crippen molar-refractivity contribution in [1.29, 1.82) is 5.26 Å². The maximum absolute atomic E-state index is 13.5. The lowest BCUT2D eigenvalue weighted by molar-refractivity contribution is 0.0996. The van der Waals surface area contributed by atoms with Crippen LogP contribution in [-0.4, -0.2) is 5.91 Å². The Balaban J connectivity index is 2.20. The molecule has 18 heavy (non-hydrogen) atoms. The summed E-state index contributed by atoms with van der Waals surface area (Å²) >= 11 is 5.52. The van der Waals surface area contributed by atoms with E-state index in [9.17, 15) is 9.18 Å². The van der Waals surface area contributed by atoms with E-state index in [0.717, 1.165) is 6.07 Å². The molecule has 0 spiro atoms. The first-order valence-corrected chi connectivity index (χ1v) is 5.24. The third-order valence-electron chi connectivity index (χ3n) is 2.14. The Hall–Kier alpha value is -2.32. The van der Waals surface area contributed by atoms with E-state index in [1.807, 2.05) is 0 Å². The van der Waals surface area contributed by atoms with Crippen molar-refractivity contribution in [3.63, 3.8) is 0 Å². The predicted molar refractivity (Wildman–Crippen MR) is 62.8 cm³/mol. The van der Waals surface area contributed by atoms with E-state index >= 15 is 0 Å². The monoisotopic (exact) mass is 264 g/mol. The van der Waals surface area contributed by atoms with Crippen molar-refractivity contribution in [2.24, 2.45) is 0 Å². The number of rotatable bonds is 2. The highest BCUT2D eigenvalue weighted by molar-refractivity contribution is 6.29. The van der Waals surface area contributed by atoms with E-state index in [0.29, 0.717) is 0 Å². The van der Waals surface area contributed by atoms with Crippen LogP contribution in [0.15, 0.2) is 34.7 Å². The van der Waals surface area contributed by atoms with E-state index in [2.05, 4.69) is 5.32 Å². The minimum absolute atomic E-state index is 0.0243. The maximum atomic E-state index is 13.5. The zero-order chi connectivity index (χ0) is 13.1. The van der Waals surface area contributed by atoms with Gasteiger partial charge >= 0.3 is 0 Å². The standard InChI is InChI=1S/C12H6ClFN2O2/c13-11-4-3-10(18-11)12(17)16-9-2-1-7(6-15)5-8(9)14/h1-5H,(H,16,17). The lowest BCUT2D eigenvalue weighted by Gasteiger charge is -2.04. The summed E-state index contributed by atoms with van der Waals surface area (Å²) in [7, 11) is 0. The van der Waals surface area contributed by atoms with Crippen LogP contribution in [0.3, 0.4) is 0 Å². The zero-order valence-electron chi connectivity index (χ0n) is 8.91. The molecular weight excluding hydrogens is 259 g/mol. The van der Waals surface area contributed by atoms with Crippen molar-refractivity contribution < 1.29 is 13.6 Å². The van der Waals surface area contributed by atoms with Crippen LogP contribution in [0.25, 0.3) is 0 Å². The Kier molecular flexibility index (Phi) is 3.31. The second-order valence-corrected chi connectivity index (χ2v) is 3.74. The number of hydrogen-bond donors (Lipinski definition) is 1. The summed E-state index contributed by atoms with van der Waals surface area (Å²) in [6.45, 7) is 0. The molecule has 2 aromatic rings. The van der Waals surface area contributed by atoms with Crippen molar-refractivity contribution in [3.05, 3.63) is 52.7 Å². The first kappa shape index (κ1) is 12.1. The molecule has 2 rings (SSSR count). The summed E-state index contributed by atoms with van der Waals surface area (Å²) < 4.78 is 18.4. The number of furan rings is 1. The van der Waals surface area contributed by atoms with Gasteiger partial charge in [0, 0.05) is 0 Å². The smallest absolute Gasteiger partial charge is 0.291 e. The molecule has 0 bridgehead atoms. The van der Waals surface area contributed by atoms with Crippen LogP contribution in [0.2, 0.25) is 5.22 Å². The van der Waals surface area contributed by atoms with Crippen molar-refractivity contribution >= 4 is 23.2 Å². The van der Waals surface area contributed by atoms with Crippen LogP contribution in [0.1, 0.15) is 16.1 Å². The van der Waals surface area contributed by atoms with Gasteiger partial charge in [-0.2, -0.15) is 5.26 Å². The molecule has 0 aliphatic carbocycles. The number of benzene rings is 1. The van der Waals surface area contributed by atoms with Gasteiger partial charge in [0.1, 0.15) is 5.82 Å². The van der Waals surface area contributed by atoms with Crippen molar-refractivity contribution in [3.8, 4) is 6.07 Å². The van der Waals surface area contributed by atoms with Gasteiger partial charge < -0.3 is 9.73 Å². The van der Waals surface area contributed by atoms with Gasteiger partial charge in [0.15, 0.2) is 11.0 Å². The molecule has 1 heterocycles. The summed E-state index contributed by atoms with van der Waals surface area (Å²) in [5.41, 5.74) is 0.137. The van der Waals surface area contributed by atoms with Gasteiger partial charge in [0.05, 0.1) is 17.3 Å². The number of nitrogens with zero attached hydrogens (tertiary/aromatic N) is 1. The highest BCUT2D eigenvalue weighted by atomic mass is 35.5. The van der Waals surface area contributed by atoms with Gasteiger partial charge in [-0.1, -0.05) is 0 Å². The Labute approximate surface area is 107 Å². The molecule has 90 valence electrons. The zero-order valence-corrected chi connectivity index (χ0v) is 9.66. The molecule has 0 radical (unpaired) electrons. The van der Waals surface area contributed by atoms with E-state index in [-0.39, 0.29) is 22.2 Å². The van der Waals surface area contributed by atoms with Gasteiger partial charge in [0.25, 0.3) is 5.91 Å². The molecule has 0 fully saturated rings. The molecule has 1 aromatic carbocycles. The maximum Gasteiger partial charge on any atom is 0.291 e. The molecule has 4 nitrogen and oxygen atoms in total. The van der Waals surface area contributed by atoms with Crippen LogP contribution in [0, 0.1) is 17.1 Å². The minimum Gasteiger partial charge on any atom is -0.440 e. The molecule has 0 saturated carbocycles. The number of carbonyl (C=O) groups excluding carboxylic acids is 1. The van der Waals surface area contributed by atoms with Crippen molar-refractivity contribution in [1.82, 2.24) is 0 Å². The van der Waals surface area contributed by atoms with Crippen LogP contribution in [0.4, 0.5) is 10.1 Å². The molecule has 0 aliphatic rings. The molecule has 0 saturated heterocycles. The Bertz CT molecular complexity index is 646. The second kappa shape index (κ2) is 4.90. The van der Waals surface area contributed by atoms with Gasteiger partial charge in [0.2, 0.25) is 0 Å². The number of amides is 1. The average molecular weight is 265 g/mol. The number of hydrogen-bond acceptors (Lipinski definition) is 3. The number of halogens is 2. The van der Waals surface area contributed by atoms with Crippen LogP contribution < -0.4 is 5.32 Å². The lowest BCUT2D eigenvalue weighted by atomic mass is 10.2. The summed E-state index contributed by atoms with van der Waals surface area (Å²) in [5, 5.41) is 11.0. The number of nitrogens with one attached hydrogen (secondary N) is 1. The third-order valence-corrected chi connectivity index (χ3v) is 2.35. The second-order valence-electron chi connectivity index (χ2n) is 3.36. The molecular formula is C12H6ClFN2O2. The fourth-order valence-corrected chi connectivity index (χ4v) is 1.45. The number of carbonyl (C=O) groups is 1. The fraction of sp³-hybridized carbons (Fsp3) is 0. The average Bonchev–Trinajstić information content (AvgIpc) is 2.78. The van der Waals surface area contributed by atoms with Gasteiger partial charge in [-0.25, -0.2) is 4.39 Å². The van der Waals surface area contributed by atoms with Gasteiger partial charge in [-0.3, -0.25) is 4.79 Å². The van der Waals surface area contributed by atoms with E-state index in [1.54, 1.807) is 6.07 Å². The first-order valence-electron chi connectivity index (χ1n) is 4.86. The quantitative estimate of drug-likeness (QED) is 0.906. The van der Waals surface area contributed by atoms with Crippen LogP contribution in [-0.2, 0) is 0 Å². The fourth-order valence-electron chi connectivity index (χ4n) is 1.31. The van der Waals surface area contributed by atoms with Crippen molar-refractivity contribution in [2.45, 2.75) is 0 Å². The highest BCUT2D eigenvalue weighted by Crippen LogP contribution is 2.18. The van der Waals surface area contributed by atoms with Crippen molar-refractivity contribution in [2.75, 3.05) is 5.32 Å². The highest BCUT2D eigenvalue weighted by Gasteiger charge is 2.13. The SMILES string of the molecule is N#Cc1ccc(NC(=O)c2ccc(Cl)o2)c(F)c1. The van der Waals surface area contributed by atoms with Crippen LogP contribution >= 0.6 is 11.6 Å². The molecule has 6 heteroatoms. The van der Waals surface area contributed by atoms with Crippen LogP contribution in [0.5, 0.6) is 0 Å². The largest absolute Gasteiger partial charge is 0.440 e. The van der Waals surface area contributed by atoms with E-state index < -0.39 is 11.7 Å². The number of anilines is 1. The third kappa shape index (κ3) is 2.50. The molecule has 1 N–H and O–H groups in total. The normalized spacial score (nSPS) is 9.83. The number of nitriles is 1. The topological polar surface area (TPSA) is 66.0 Å². The summed E-state index contributed by atoms with van der Waals surface area (Å²) in [5.74, 6) is -1.34. The summed E-state index contributed by atoms with van der Waals surface area (Å²) in [6.07, 6.45) is 0. The predicted octanol–water partition coefficient (Wildman–Crippen LogP) is 3.20. The Morgan fingerprint density at radius 2 is 2.17 bits per heavy atom. The Morgan fingerprint density at radius 3 is 2.72 bits per heavy atom. The molecule has 1 amide bonds. The van der Waals surface area contributed by atoms with E-state index in [1.165, 1.54) is 24.3 Å². The minimum atomic E-state index is -0.694. The molecule has 1 aromatic heterocycles. The lowest BCUT2D eigenvalue weighted by Crippen LogP contribution is -2.12. The Morgan fingerprint density at radius 1 is 1.39 bits per heavy atom.